The van der Waals surface area contributed by atoms with Crippen LogP contribution >= 0.6 is 0 Å². The molecule has 0 aromatic heterocycles. The molecule has 12 heteroatoms. The highest BCUT2D eigenvalue weighted by Gasteiger charge is 2.63. The van der Waals surface area contributed by atoms with Crippen molar-refractivity contribution in [1.29, 1.82) is 0 Å². The van der Waals surface area contributed by atoms with E-state index in [1.165, 1.54) is 11.0 Å². The van der Waals surface area contributed by atoms with Gasteiger partial charge in [-0.05, 0) is 64.3 Å². The Bertz CT molecular complexity index is 1380. The number of carbonyl (C=O) groups is 4. The van der Waals surface area contributed by atoms with Crippen LogP contribution in [0.15, 0.2) is 34.8 Å². The number of Topliss-reactive ketones (excluding diaryl/α,β-unsaturated/α-hetero) is 2. The van der Waals surface area contributed by atoms with E-state index >= 15 is 0 Å². The van der Waals surface area contributed by atoms with E-state index < -0.39 is 69.8 Å². The number of carbonyl (C=O) groups excluding carboxylic acids is 4. The largest absolute Gasteiger partial charge is 0.510 e. The molecule has 3 amide bonds. The second kappa shape index (κ2) is 9.09. The fourth-order valence-electron chi connectivity index (χ4n) is 6.75. The van der Waals surface area contributed by atoms with E-state index in [1.54, 1.807) is 25.1 Å². The molecule has 1 fully saturated rings. The molecule has 5 atom stereocenters. The summed E-state index contributed by atoms with van der Waals surface area (Å²) in [6, 6.07) is 1.69. The van der Waals surface area contributed by atoms with E-state index in [9.17, 15) is 39.6 Å². The first kappa shape index (κ1) is 26.7. The minimum Gasteiger partial charge on any atom is -0.510 e. The molecule has 3 aliphatic carbocycles. The molecule has 1 aromatic carbocycles. The molecular weight excluding hydrogens is 508 g/mol. The van der Waals surface area contributed by atoms with Crippen molar-refractivity contribution in [2.75, 3.05) is 26.0 Å². The minimum absolute atomic E-state index is 0.0118. The Morgan fingerprint density at radius 2 is 1.87 bits per heavy atom. The van der Waals surface area contributed by atoms with E-state index in [0.29, 0.717) is 12.1 Å². The summed E-state index contributed by atoms with van der Waals surface area (Å²) < 4.78 is 0. The lowest BCUT2D eigenvalue weighted by Crippen LogP contribution is -2.63. The van der Waals surface area contributed by atoms with Crippen LogP contribution < -0.4 is 11.1 Å². The van der Waals surface area contributed by atoms with E-state index in [4.69, 9.17) is 5.73 Å². The number of aliphatic hydroxyl groups excluding tert-OH is 2. The standard InChI is InChI=1S/C27H32N4O8/c1-11-5-4-8-31(11)26(38)29-15-7-6-12-9-13-10-14-19(30(2)3)22(34)18(25(28)37)24(36)27(14,39)23(35)17(13)21(33)16(12)20(15)32/h6-7,11,13-14,19,32,34-35,39H,4-5,8-10H2,1-3H3,(H2,28,37)(H,29,38)/t11?,13?,14?,19-,27-/m0/s1. The monoisotopic (exact) mass is 540 g/mol. The van der Waals surface area contributed by atoms with Crippen LogP contribution in [0.5, 0.6) is 5.75 Å². The summed E-state index contributed by atoms with van der Waals surface area (Å²) in [5.74, 6) is -7.13. The Kier molecular flexibility index (Phi) is 6.22. The average Bonchev–Trinajstić information content (AvgIpc) is 3.28. The number of aromatic hydroxyl groups is 1. The zero-order valence-electron chi connectivity index (χ0n) is 21.9. The second-order valence-corrected chi connectivity index (χ2v) is 11.1. The van der Waals surface area contributed by atoms with Crippen molar-refractivity contribution in [1.82, 2.24) is 9.80 Å². The number of nitrogens with one attached hydrogen (secondary N) is 1. The third-order valence-electron chi connectivity index (χ3n) is 8.65. The minimum atomic E-state index is -2.70. The van der Waals surface area contributed by atoms with Gasteiger partial charge >= 0.3 is 6.03 Å². The number of nitrogens with two attached hydrogens (primary N) is 1. The van der Waals surface area contributed by atoms with Gasteiger partial charge in [-0.15, -0.1) is 0 Å². The molecule has 7 N–H and O–H groups in total. The van der Waals surface area contributed by atoms with E-state index in [-0.39, 0.29) is 35.7 Å². The quantitative estimate of drug-likeness (QED) is 0.241. The van der Waals surface area contributed by atoms with Gasteiger partial charge in [-0.2, -0.15) is 0 Å². The lowest BCUT2D eigenvalue weighted by molar-refractivity contribution is -0.148. The van der Waals surface area contributed by atoms with Crippen molar-refractivity contribution in [3.8, 4) is 5.75 Å². The number of anilines is 1. The van der Waals surface area contributed by atoms with Crippen LogP contribution in [0.1, 0.15) is 42.1 Å². The molecule has 5 rings (SSSR count). The van der Waals surface area contributed by atoms with Crippen LogP contribution in [0.2, 0.25) is 0 Å². The van der Waals surface area contributed by atoms with Gasteiger partial charge in [0, 0.05) is 24.1 Å². The van der Waals surface area contributed by atoms with Crippen molar-refractivity contribution in [3.05, 3.63) is 45.9 Å². The van der Waals surface area contributed by atoms with E-state index in [0.717, 1.165) is 12.8 Å². The maximum atomic E-state index is 13.8. The molecule has 1 saturated heterocycles. The number of rotatable bonds is 3. The number of urea groups is 1. The molecule has 39 heavy (non-hydrogen) atoms. The average molecular weight is 541 g/mol. The van der Waals surface area contributed by atoms with Crippen LogP contribution in [0.4, 0.5) is 10.5 Å². The van der Waals surface area contributed by atoms with Crippen LogP contribution in [-0.2, 0) is 16.0 Å². The lowest BCUT2D eigenvalue weighted by atomic mass is 9.58. The van der Waals surface area contributed by atoms with Crippen molar-refractivity contribution in [3.63, 3.8) is 0 Å². The number of hydrogen-bond donors (Lipinski definition) is 6. The topological polar surface area (TPSA) is 194 Å². The Balaban J connectivity index is 1.58. The number of phenolic OH excluding ortho intramolecular Hbond substituents is 1. The van der Waals surface area contributed by atoms with Crippen molar-refractivity contribution in [2.24, 2.45) is 17.6 Å². The highest BCUT2D eigenvalue weighted by Crippen LogP contribution is 2.52. The number of primary amides is 1. The molecule has 0 radical (unpaired) electrons. The van der Waals surface area contributed by atoms with Crippen LogP contribution in [0.3, 0.4) is 0 Å². The predicted octanol–water partition coefficient (Wildman–Crippen LogP) is 1.14. The molecular formula is C27H32N4O8. The second-order valence-electron chi connectivity index (χ2n) is 11.1. The summed E-state index contributed by atoms with van der Waals surface area (Å²) in [6.45, 7) is 2.49. The van der Waals surface area contributed by atoms with Crippen molar-refractivity contribution < 1.29 is 39.6 Å². The molecule has 0 saturated carbocycles. The van der Waals surface area contributed by atoms with Gasteiger partial charge in [0.15, 0.2) is 17.1 Å². The Hall–Kier alpha value is -3.90. The lowest BCUT2D eigenvalue weighted by Gasteiger charge is -2.50. The van der Waals surface area contributed by atoms with Gasteiger partial charge in [0.05, 0.1) is 17.3 Å². The number of nitrogens with zero attached hydrogens (tertiary/aromatic N) is 2. The van der Waals surface area contributed by atoms with Gasteiger partial charge in [0.1, 0.15) is 17.1 Å². The maximum absolute atomic E-state index is 13.8. The van der Waals surface area contributed by atoms with E-state index in [2.05, 4.69) is 5.32 Å². The molecule has 12 nitrogen and oxygen atoms in total. The molecule has 208 valence electrons. The van der Waals surface area contributed by atoms with Gasteiger partial charge in [0.25, 0.3) is 5.91 Å². The number of phenols is 1. The summed E-state index contributed by atoms with van der Waals surface area (Å²) in [6.07, 6.45) is 1.91. The summed E-state index contributed by atoms with van der Waals surface area (Å²) in [5.41, 5.74) is 1.88. The molecule has 1 aliphatic heterocycles. The number of benzene rings is 1. The number of likely N-dealkylation sites (tertiary alicyclic amines) is 1. The van der Waals surface area contributed by atoms with Crippen LogP contribution in [0.25, 0.3) is 0 Å². The van der Waals surface area contributed by atoms with Crippen LogP contribution in [0, 0.1) is 11.8 Å². The number of aliphatic hydroxyl groups is 3. The first-order chi connectivity index (χ1) is 18.3. The zero-order chi connectivity index (χ0) is 28.5. The number of ketones is 2. The Labute approximate surface area is 224 Å². The summed E-state index contributed by atoms with van der Waals surface area (Å²) >= 11 is 0. The first-order valence-electron chi connectivity index (χ1n) is 12.9. The highest BCUT2D eigenvalue weighted by atomic mass is 16.3. The van der Waals surface area contributed by atoms with Crippen molar-refractivity contribution >= 4 is 29.2 Å². The number of fused-ring (bicyclic) bond motifs is 3. The SMILES string of the molecule is CC1CCCN1C(=O)Nc1ccc2c(c1O)C(=O)C1=C(O)[C@]3(O)C(=O)C(C(N)=O)=C(O)[C@@H](N(C)C)C3CC1C2. The molecule has 1 heterocycles. The van der Waals surface area contributed by atoms with Crippen LogP contribution in [-0.4, -0.2) is 92.1 Å². The summed E-state index contributed by atoms with van der Waals surface area (Å²) in [7, 11) is 3.15. The normalized spacial score (nSPS) is 30.3. The van der Waals surface area contributed by atoms with Gasteiger partial charge < -0.3 is 36.4 Å². The number of hydrogen-bond acceptors (Lipinski definition) is 9. The van der Waals surface area contributed by atoms with E-state index in [1.807, 2.05) is 6.92 Å². The fourth-order valence-corrected chi connectivity index (χ4v) is 6.75. The van der Waals surface area contributed by atoms with Gasteiger partial charge in [0.2, 0.25) is 5.78 Å². The number of allylic oxidation sites excluding steroid dienone is 1. The van der Waals surface area contributed by atoms with Gasteiger partial charge in [-0.1, -0.05) is 6.07 Å². The molecule has 1 aromatic rings. The zero-order valence-corrected chi connectivity index (χ0v) is 21.9. The first-order valence-corrected chi connectivity index (χ1v) is 12.9. The maximum Gasteiger partial charge on any atom is 0.322 e. The van der Waals surface area contributed by atoms with Gasteiger partial charge in [-0.3, -0.25) is 19.3 Å². The Morgan fingerprint density at radius 1 is 1.18 bits per heavy atom. The predicted molar refractivity (Wildman–Crippen MR) is 138 cm³/mol. The number of likely N-dealkylation sites (N-methyl/N-ethyl adjacent to an activating group) is 1. The summed E-state index contributed by atoms with van der Waals surface area (Å²) in [5, 5.41) is 47.5. The van der Waals surface area contributed by atoms with Crippen molar-refractivity contribution in [2.45, 2.75) is 50.3 Å². The third-order valence-corrected chi connectivity index (χ3v) is 8.65. The summed E-state index contributed by atoms with van der Waals surface area (Å²) in [4.78, 5) is 55.1. The highest BCUT2D eigenvalue weighted by molar-refractivity contribution is 6.25. The molecule has 0 bridgehead atoms. The van der Waals surface area contributed by atoms with Gasteiger partial charge in [-0.25, -0.2) is 4.79 Å². The molecule has 0 spiro atoms. The Morgan fingerprint density at radius 3 is 2.46 bits per heavy atom. The fraction of sp³-hybridized carbons (Fsp3) is 0.481. The molecule has 4 aliphatic rings. The smallest absolute Gasteiger partial charge is 0.322 e. The molecule has 3 unspecified atom stereocenters. The third kappa shape index (κ3) is 3.73. The number of amides is 3.